The summed E-state index contributed by atoms with van der Waals surface area (Å²) in [6.07, 6.45) is 1.48. The van der Waals surface area contributed by atoms with E-state index in [4.69, 9.17) is 9.84 Å². The SMILES string of the molecule is Cn1ncnc1COc1ccccc1C#CCO. The van der Waals surface area contributed by atoms with Gasteiger partial charge in [0.2, 0.25) is 0 Å². The van der Waals surface area contributed by atoms with Crippen molar-refractivity contribution in [3.05, 3.63) is 42.0 Å². The molecule has 0 bridgehead atoms. The molecule has 0 saturated carbocycles. The minimum absolute atomic E-state index is 0.169. The third-order valence-electron chi connectivity index (χ3n) is 2.35. The molecule has 1 N–H and O–H groups in total. The number of aryl methyl sites for hydroxylation is 1. The fourth-order valence-corrected chi connectivity index (χ4v) is 1.42. The summed E-state index contributed by atoms with van der Waals surface area (Å²) in [6.45, 7) is 0.159. The van der Waals surface area contributed by atoms with Gasteiger partial charge >= 0.3 is 0 Å². The molecular formula is C13H13N3O2. The predicted molar refractivity (Wildman–Crippen MR) is 65.7 cm³/mol. The molecule has 1 aromatic carbocycles. The van der Waals surface area contributed by atoms with Crippen LogP contribution in [0.15, 0.2) is 30.6 Å². The summed E-state index contributed by atoms with van der Waals surface area (Å²) in [5.74, 6) is 6.85. The van der Waals surface area contributed by atoms with Crippen LogP contribution in [-0.2, 0) is 13.7 Å². The molecule has 0 atom stereocenters. The van der Waals surface area contributed by atoms with Gasteiger partial charge < -0.3 is 9.84 Å². The van der Waals surface area contributed by atoms with Crippen LogP contribution in [0.1, 0.15) is 11.4 Å². The van der Waals surface area contributed by atoms with Gasteiger partial charge in [0.1, 0.15) is 25.3 Å². The average Bonchev–Trinajstić information content (AvgIpc) is 2.80. The lowest BCUT2D eigenvalue weighted by molar-refractivity contribution is 0.289. The number of para-hydroxylation sites is 1. The molecule has 1 heterocycles. The second-order valence-corrected chi connectivity index (χ2v) is 3.54. The highest BCUT2D eigenvalue weighted by Crippen LogP contribution is 2.17. The van der Waals surface area contributed by atoms with Gasteiger partial charge in [-0.3, -0.25) is 4.68 Å². The van der Waals surface area contributed by atoms with Crippen molar-refractivity contribution in [3.63, 3.8) is 0 Å². The second-order valence-electron chi connectivity index (χ2n) is 3.54. The Hall–Kier alpha value is -2.32. The largest absolute Gasteiger partial charge is 0.484 e. The number of benzene rings is 1. The third-order valence-corrected chi connectivity index (χ3v) is 2.35. The number of hydrogen-bond donors (Lipinski definition) is 1. The van der Waals surface area contributed by atoms with Crippen LogP contribution >= 0.6 is 0 Å². The topological polar surface area (TPSA) is 60.2 Å². The number of aliphatic hydroxyl groups excluding tert-OH is 1. The highest BCUT2D eigenvalue weighted by molar-refractivity contribution is 5.45. The normalized spacial score (nSPS) is 9.67. The summed E-state index contributed by atoms with van der Waals surface area (Å²) in [5.41, 5.74) is 0.744. The second kappa shape index (κ2) is 5.84. The molecule has 5 heteroatoms. The molecule has 0 fully saturated rings. The van der Waals surface area contributed by atoms with Crippen molar-refractivity contribution in [2.24, 2.45) is 7.05 Å². The number of nitrogens with zero attached hydrogens (tertiary/aromatic N) is 3. The lowest BCUT2D eigenvalue weighted by Crippen LogP contribution is -2.05. The van der Waals surface area contributed by atoms with Crippen LogP contribution in [0.5, 0.6) is 5.75 Å². The fourth-order valence-electron chi connectivity index (χ4n) is 1.42. The van der Waals surface area contributed by atoms with E-state index < -0.39 is 0 Å². The minimum atomic E-state index is -0.169. The van der Waals surface area contributed by atoms with Crippen LogP contribution in [0.3, 0.4) is 0 Å². The number of ether oxygens (including phenoxy) is 1. The van der Waals surface area contributed by atoms with Crippen LogP contribution in [0.25, 0.3) is 0 Å². The number of aromatic nitrogens is 3. The molecule has 2 rings (SSSR count). The first-order valence-electron chi connectivity index (χ1n) is 5.45. The molecular weight excluding hydrogens is 230 g/mol. The van der Waals surface area contributed by atoms with Crippen LogP contribution < -0.4 is 4.74 Å². The Balaban J connectivity index is 2.12. The zero-order valence-electron chi connectivity index (χ0n) is 10.00. The molecule has 0 aliphatic rings. The molecule has 2 aromatic rings. The van der Waals surface area contributed by atoms with E-state index in [1.165, 1.54) is 6.33 Å². The summed E-state index contributed by atoms with van der Waals surface area (Å²) in [5, 5.41) is 12.7. The summed E-state index contributed by atoms with van der Waals surface area (Å²) < 4.78 is 7.31. The van der Waals surface area contributed by atoms with Crippen molar-refractivity contribution < 1.29 is 9.84 Å². The van der Waals surface area contributed by atoms with Gasteiger partial charge in [-0.2, -0.15) is 5.10 Å². The van der Waals surface area contributed by atoms with Crippen LogP contribution in [0.4, 0.5) is 0 Å². The molecule has 0 spiro atoms. The van der Waals surface area contributed by atoms with Crippen molar-refractivity contribution in [2.75, 3.05) is 6.61 Å². The Labute approximate surface area is 105 Å². The molecule has 92 valence electrons. The van der Waals surface area contributed by atoms with E-state index in [0.717, 1.165) is 11.4 Å². The maximum absolute atomic E-state index is 8.70. The summed E-state index contributed by atoms with van der Waals surface area (Å²) in [6, 6.07) is 7.42. The smallest absolute Gasteiger partial charge is 0.164 e. The van der Waals surface area contributed by atoms with Gasteiger partial charge in [-0.15, -0.1) is 0 Å². The lowest BCUT2D eigenvalue weighted by atomic mass is 10.2. The standard InChI is InChI=1S/C13H13N3O2/c1-16-13(14-10-15-16)9-18-12-7-3-2-5-11(12)6-4-8-17/h2-3,5,7,10,17H,8-9H2,1H3. The first kappa shape index (κ1) is 12.1. The quantitative estimate of drug-likeness (QED) is 0.808. The van der Waals surface area contributed by atoms with Gasteiger partial charge in [0, 0.05) is 7.05 Å². The van der Waals surface area contributed by atoms with Crippen LogP contribution in [0, 0.1) is 11.8 Å². The Bertz CT molecular complexity index is 581. The van der Waals surface area contributed by atoms with E-state index in [1.807, 2.05) is 31.3 Å². The van der Waals surface area contributed by atoms with Crippen LogP contribution in [0.2, 0.25) is 0 Å². The molecule has 1 aromatic heterocycles. The number of rotatable bonds is 3. The molecule has 0 aliphatic heterocycles. The Morgan fingerprint density at radius 1 is 1.39 bits per heavy atom. The van der Waals surface area contributed by atoms with Crippen molar-refractivity contribution in [3.8, 4) is 17.6 Å². The summed E-state index contributed by atoms with van der Waals surface area (Å²) >= 11 is 0. The Morgan fingerprint density at radius 2 is 2.22 bits per heavy atom. The van der Waals surface area contributed by atoms with Gasteiger partial charge in [0.25, 0.3) is 0 Å². The van der Waals surface area contributed by atoms with Crippen molar-refractivity contribution in [1.29, 1.82) is 0 Å². The molecule has 0 aliphatic carbocycles. The zero-order valence-corrected chi connectivity index (χ0v) is 10.00. The first-order chi connectivity index (χ1) is 8.81. The van der Waals surface area contributed by atoms with Crippen molar-refractivity contribution in [2.45, 2.75) is 6.61 Å². The summed E-state index contributed by atoms with van der Waals surface area (Å²) in [7, 11) is 1.81. The number of hydrogen-bond acceptors (Lipinski definition) is 4. The first-order valence-corrected chi connectivity index (χ1v) is 5.45. The van der Waals surface area contributed by atoms with Gasteiger partial charge in [-0.05, 0) is 12.1 Å². The van der Waals surface area contributed by atoms with E-state index in [0.29, 0.717) is 12.4 Å². The molecule has 0 saturated heterocycles. The van der Waals surface area contributed by atoms with E-state index in [2.05, 4.69) is 21.9 Å². The molecule has 5 nitrogen and oxygen atoms in total. The van der Waals surface area contributed by atoms with Crippen LogP contribution in [-0.4, -0.2) is 26.5 Å². The molecule has 18 heavy (non-hydrogen) atoms. The van der Waals surface area contributed by atoms with E-state index in [1.54, 1.807) is 4.68 Å². The van der Waals surface area contributed by atoms with Gasteiger partial charge in [-0.1, -0.05) is 24.0 Å². The highest BCUT2D eigenvalue weighted by atomic mass is 16.5. The van der Waals surface area contributed by atoms with Crippen molar-refractivity contribution >= 4 is 0 Å². The third kappa shape index (κ3) is 2.87. The average molecular weight is 243 g/mol. The highest BCUT2D eigenvalue weighted by Gasteiger charge is 2.04. The predicted octanol–water partition coefficient (Wildman–Crippen LogP) is 0.738. The monoisotopic (exact) mass is 243 g/mol. The van der Waals surface area contributed by atoms with E-state index >= 15 is 0 Å². The van der Waals surface area contributed by atoms with Gasteiger partial charge in [-0.25, -0.2) is 4.98 Å². The zero-order chi connectivity index (χ0) is 12.8. The van der Waals surface area contributed by atoms with Gasteiger partial charge in [0.05, 0.1) is 5.56 Å². The van der Waals surface area contributed by atoms with E-state index in [9.17, 15) is 0 Å². The lowest BCUT2D eigenvalue weighted by Gasteiger charge is -2.07. The number of aliphatic hydroxyl groups is 1. The van der Waals surface area contributed by atoms with Crippen molar-refractivity contribution in [1.82, 2.24) is 14.8 Å². The Morgan fingerprint density at radius 3 is 2.94 bits per heavy atom. The summed E-state index contributed by atoms with van der Waals surface area (Å²) in [4.78, 5) is 4.07. The maximum Gasteiger partial charge on any atom is 0.164 e. The molecule has 0 amide bonds. The molecule has 0 unspecified atom stereocenters. The fraction of sp³-hybridized carbons (Fsp3) is 0.231. The van der Waals surface area contributed by atoms with E-state index in [-0.39, 0.29) is 6.61 Å². The molecule has 0 radical (unpaired) electrons. The van der Waals surface area contributed by atoms with Gasteiger partial charge in [0.15, 0.2) is 5.82 Å². The maximum atomic E-state index is 8.70. The Kier molecular flexibility index (Phi) is 3.94. The minimum Gasteiger partial charge on any atom is -0.484 e.